The van der Waals surface area contributed by atoms with Crippen molar-refractivity contribution in [2.45, 2.75) is 78.6 Å². The third-order valence-corrected chi connectivity index (χ3v) is 14.6. The number of carbonyl (C=O) groups is 1. The summed E-state index contributed by atoms with van der Waals surface area (Å²) in [6.45, 7) is 19.2. The maximum atomic E-state index is 15.1. The van der Waals surface area contributed by atoms with Crippen molar-refractivity contribution in [2.24, 2.45) is 0 Å². The molecule has 0 amide bonds. The van der Waals surface area contributed by atoms with Crippen molar-refractivity contribution < 1.29 is 64.9 Å². The molecule has 1 aliphatic heterocycles. The zero-order chi connectivity index (χ0) is 46.0. The summed E-state index contributed by atoms with van der Waals surface area (Å²) in [4.78, 5) is 49.3. The Morgan fingerprint density at radius 3 is 2.08 bits per heavy atom. The first kappa shape index (κ1) is 54.8. The number of halogens is 2. The quantitative estimate of drug-likeness (QED) is 0.0460. The molecule has 8 atom stereocenters. The van der Waals surface area contributed by atoms with Gasteiger partial charge in [0.25, 0.3) is 0 Å². The van der Waals surface area contributed by atoms with Gasteiger partial charge in [0, 0.05) is 0 Å². The highest BCUT2D eigenvalue weighted by Crippen LogP contribution is 2.67. The number of phosphoric acid groups is 2. The first-order valence-corrected chi connectivity index (χ1v) is 25.6. The highest BCUT2D eigenvalue weighted by Gasteiger charge is 2.49. The number of fused-ring (bicyclic) bond motifs is 1. The van der Waals surface area contributed by atoms with Gasteiger partial charge in [-0.05, 0) is 81.4 Å². The lowest BCUT2D eigenvalue weighted by atomic mass is 10.1. The minimum absolute atomic E-state index is 0.0000478. The van der Waals surface area contributed by atoms with Gasteiger partial charge in [-0.1, -0.05) is 59.7 Å². The molecule has 3 aromatic rings. The number of nitrogen functional groups attached to an aromatic ring is 1. The molecule has 0 bridgehead atoms. The summed E-state index contributed by atoms with van der Waals surface area (Å²) in [6, 6.07) is 5.74. The van der Waals surface area contributed by atoms with E-state index in [2.05, 4.69) is 85.0 Å². The number of esters is 1. The number of hydrogen-bond acceptors (Lipinski definition) is 18. The molecule has 1 fully saturated rings. The molecule has 0 spiro atoms. The van der Waals surface area contributed by atoms with Gasteiger partial charge in [-0.2, -0.15) is 35.4 Å². The summed E-state index contributed by atoms with van der Waals surface area (Å²) >= 11 is 7.15. The first-order valence-electron chi connectivity index (χ1n) is 19.3. The number of para-hydroxylation sites is 1. The van der Waals surface area contributed by atoms with E-state index >= 15 is 4.39 Å². The SMILES string of the molecule is CCN(CC)CC.CCN(CC)CC.COC(=O)[C@H](CCSC)NP(=O)(Oc1ccccc1)OP(=O)(O)OP(=O)(O)OC[C@H]1O[C@@H](n2cnc3c(N)nc(Cl)nc32)[C@@H](F)[C@@H]1O. The number of ether oxygens (including phenoxy) is 2. The molecule has 2 aromatic heterocycles. The summed E-state index contributed by atoms with van der Waals surface area (Å²) in [5.41, 5.74) is 5.76. The van der Waals surface area contributed by atoms with E-state index in [1.807, 2.05) is 0 Å². The zero-order valence-corrected chi connectivity index (χ0v) is 39.7. The topological polar surface area (TPSA) is 272 Å². The number of imidazole rings is 1. The Kier molecular flexibility index (Phi) is 23.8. The zero-order valence-electron chi connectivity index (χ0n) is 35.4. The van der Waals surface area contributed by atoms with Crippen LogP contribution in [0, 0.1) is 0 Å². The Morgan fingerprint density at radius 1 is 1.00 bits per heavy atom. The number of aliphatic hydroxyl groups is 1. The highest BCUT2D eigenvalue weighted by atomic mass is 35.5. The van der Waals surface area contributed by atoms with Crippen LogP contribution in [0.3, 0.4) is 0 Å². The van der Waals surface area contributed by atoms with Crippen LogP contribution in [0.25, 0.3) is 11.2 Å². The molecule has 3 unspecified atom stereocenters. The lowest BCUT2D eigenvalue weighted by Crippen LogP contribution is -2.37. The van der Waals surface area contributed by atoms with Crippen LogP contribution in [0.5, 0.6) is 5.75 Å². The molecule has 21 nitrogen and oxygen atoms in total. The average Bonchev–Trinajstić information content (AvgIpc) is 3.76. The molecule has 0 aliphatic carbocycles. The summed E-state index contributed by atoms with van der Waals surface area (Å²) in [7, 11) is -15.5. The fourth-order valence-electron chi connectivity index (χ4n) is 5.47. The molecular weight excluding hydrogens is 908 g/mol. The maximum Gasteiger partial charge on any atom is 0.490 e. The molecule has 4 rings (SSSR count). The summed E-state index contributed by atoms with van der Waals surface area (Å²) in [6.07, 6.45) is -4.54. The van der Waals surface area contributed by atoms with Crippen molar-refractivity contribution >= 4 is 69.7 Å². The molecule has 348 valence electrons. The van der Waals surface area contributed by atoms with E-state index in [9.17, 15) is 33.4 Å². The number of phosphoric ester groups is 1. The number of aliphatic hydroxyl groups excluding tert-OH is 1. The summed E-state index contributed by atoms with van der Waals surface area (Å²) < 4.78 is 84.5. The van der Waals surface area contributed by atoms with Crippen molar-refractivity contribution in [3.8, 4) is 5.75 Å². The predicted octanol–water partition coefficient (Wildman–Crippen LogP) is 5.68. The number of methoxy groups -OCH3 is 1. The molecule has 3 heterocycles. The fourth-order valence-corrected chi connectivity index (χ4v) is 10.5. The molecule has 27 heteroatoms. The fraction of sp³-hybridized carbons (Fsp3) is 0.647. The van der Waals surface area contributed by atoms with Gasteiger partial charge < -0.3 is 44.4 Å². The number of nitrogens with one attached hydrogen (secondary N) is 1. The molecule has 1 saturated heterocycles. The molecule has 61 heavy (non-hydrogen) atoms. The lowest BCUT2D eigenvalue weighted by molar-refractivity contribution is -0.142. The van der Waals surface area contributed by atoms with Crippen molar-refractivity contribution in [2.75, 3.05) is 70.7 Å². The molecule has 1 aliphatic rings. The predicted molar refractivity (Wildman–Crippen MR) is 231 cm³/mol. The monoisotopic (exact) mass is 966 g/mol. The highest BCUT2D eigenvalue weighted by molar-refractivity contribution is 7.98. The Hall–Kier alpha value is -2.30. The van der Waals surface area contributed by atoms with Crippen LogP contribution in [0.15, 0.2) is 36.7 Å². The van der Waals surface area contributed by atoms with Crippen LogP contribution in [-0.2, 0) is 41.1 Å². The Bertz CT molecular complexity index is 1900. The van der Waals surface area contributed by atoms with Crippen LogP contribution in [0.1, 0.15) is 54.2 Å². The van der Waals surface area contributed by atoms with Crippen LogP contribution < -0.4 is 15.3 Å². The van der Waals surface area contributed by atoms with Gasteiger partial charge in [-0.3, -0.25) is 13.9 Å². The van der Waals surface area contributed by atoms with Crippen LogP contribution in [-0.4, -0.2) is 140 Å². The number of anilines is 1. The van der Waals surface area contributed by atoms with E-state index in [1.165, 1.54) is 75.3 Å². The van der Waals surface area contributed by atoms with Gasteiger partial charge in [0.1, 0.15) is 29.5 Å². The average molecular weight is 967 g/mol. The molecule has 1 aromatic carbocycles. The lowest BCUT2D eigenvalue weighted by Gasteiger charge is -2.25. The van der Waals surface area contributed by atoms with Gasteiger partial charge in [0.15, 0.2) is 23.9 Å². The van der Waals surface area contributed by atoms with E-state index in [0.717, 1.165) is 18.0 Å². The van der Waals surface area contributed by atoms with E-state index < -0.39 is 66.6 Å². The third kappa shape index (κ3) is 17.7. The van der Waals surface area contributed by atoms with E-state index in [-0.39, 0.29) is 34.4 Å². The largest absolute Gasteiger partial charge is 0.490 e. The minimum atomic E-state index is -5.84. The van der Waals surface area contributed by atoms with Gasteiger partial charge in [0.2, 0.25) is 5.28 Å². The van der Waals surface area contributed by atoms with E-state index in [4.69, 9.17) is 30.9 Å². The number of benzene rings is 1. The number of hydrogen-bond donors (Lipinski definition) is 5. The number of nitrogens with two attached hydrogens (primary N) is 1. The summed E-state index contributed by atoms with van der Waals surface area (Å²) in [5.74, 6) is -0.846. The smallest absolute Gasteiger partial charge is 0.468 e. The van der Waals surface area contributed by atoms with Crippen LogP contribution >= 0.6 is 46.8 Å². The number of alkyl halides is 1. The Morgan fingerprint density at radius 2 is 1.57 bits per heavy atom. The van der Waals surface area contributed by atoms with Crippen molar-refractivity contribution in [3.05, 3.63) is 41.9 Å². The van der Waals surface area contributed by atoms with E-state index in [0.29, 0.717) is 5.75 Å². The second-order valence-corrected chi connectivity index (χ2v) is 18.9. The van der Waals surface area contributed by atoms with Crippen molar-refractivity contribution in [1.82, 2.24) is 34.4 Å². The van der Waals surface area contributed by atoms with Gasteiger partial charge in [0.05, 0.1) is 20.0 Å². The minimum Gasteiger partial charge on any atom is -0.468 e. The summed E-state index contributed by atoms with van der Waals surface area (Å²) in [5, 5.41) is 12.3. The normalized spacial score (nSPS) is 21.0. The number of aromatic nitrogens is 4. The first-order chi connectivity index (χ1) is 28.8. The van der Waals surface area contributed by atoms with Crippen molar-refractivity contribution in [1.29, 1.82) is 0 Å². The number of nitrogens with zero attached hydrogens (tertiary/aromatic N) is 6. The number of rotatable bonds is 22. The molecule has 0 radical (unpaired) electrons. The molecule has 6 N–H and O–H groups in total. The third-order valence-electron chi connectivity index (χ3n) is 8.87. The Labute approximate surface area is 364 Å². The Balaban J connectivity index is 0.000000784. The number of carbonyl (C=O) groups excluding carboxylic acids is 1. The second kappa shape index (κ2) is 26.5. The second-order valence-electron chi connectivity index (χ2n) is 12.7. The van der Waals surface area contributed by atoms with Gasteiger partial charge >= 0.3 is 29.4 Å². The molecular formula is C34H59ClFN8O13P3S. The van der Waals surface area contributed by atoms with Gasteiger partial charge in [-0.15, -0.1) is 0 Å². The van der Waals surface area contributed by atoms with Gasteiger partial charge in [-0.25, -0.2) is 23.1 Å². The van der Waals surface area contributed by atoms with Crippen LogP contribution in [0.4, 0.5) is 10.2 Å². The maximum absolute atomic E-state index is 15.1. The molecule has 0 saturated carbocycles. The van der Waals surface area contributed by atoms with Crippen molar-refractivity contribution in [3.63, 3.8) is 0 Å². The van der Waals surface area contributed by atoms with Crippen LogP contribution in [0.2, 0.25) is 5.28 Å². The number of thioether (sulfide) groups is 1. The standard InChI is InChI=1S/C22H29ClFN6O13P3S.2C6H15N/c1-38-21(32)13(8-9-47-2)29-44(33,41-12-6-4-3-5-7-12)42-46(36,37)43-45(34,35)39-10-14-17(31)15(24)20(40-14)30-11-26-16-18(25)27-22(23)28-19(16)30;2*1-4-7(5-2)6-3/h3-7,11,13-15,17,20,31H,8-10H2,1-2H3,(H,29,33)(H,34,35)(H,36,37)(H2,25,27,28);2*4-6H2,1-3H3/t13-,14+,15-,17+,20+,44?;;/m0../s1. The van der Waals surface area contributed by atoms with E-state index in [1.54, 1.807) is 12.3 Å².